The van der Waals surface area contributed by atoms with E-state index in [1.807, 2.05) is 24.3 Å². The van der Waals surface area contributed by atoms with Crippen LogP contribution in [0.1, 0.15) is 36.3 Å². The minimum absolute atomic E-state index is 0.00751. The van der Waals surface area contributed by atoms with Gasteiger partial charge in [0.05, 0.1) is 0 Å². The van der Waals surface area contributed by atoms with Gasteiger partial charge in [-0.3, -0.25) is 9.59 Å². The highest BCUT2D eigenvalue weighted by Gasteiger charge is 2.38. The number of benzene rings is 2. The number of ether oxygens (including phenoxy) is 1. The summed E-state index contributed by atoms with van der Waals surface area (Å²) in [5.74, 6) is -0.339. The van der Waals surface area contributed by atoms with Crippen LogP contribution in [0.3, 0.4) is 0 Å². The second-order valence-corrected chi connectivity index (χ2v) is 10.8. The van der Waals surface area contributed by atoms with Crippen LogP contribution >= 0.6 is 11.8 Å². The van der Waals surface area contributed by atoms with Gasteiger partial charge in [0.25, 0.3) is 0 Å². The van der Waals surface area contributed by atoms with Gasteiger partial charge in [0.2, 0.25) is 5.91 Å². The van der Waals surface area contributed by atoms with Crippen LogP contribution in [0, 0.1) is 11.8 Å². The first kappa shape index (κ1) is 23.7. The molecule has 184 valence electrons. The second kappa shape index (κ2) is 10.3. The maximum Gasteiger partial charge on any atom is 0.407 e. The molecule has 2 N–H and O–H groups in total. The molecule has 0 aromatic heterocycles. The predicted octanol–water partition coefficient (Wildman–Crippen LogP) is 3.97. The van der Waals surface area contributed by atoms with Gasteiger partial charge in [-0.1, -0.05) is 55.0 Å². The summed E-state index contributed by atoms with van der Waals surface area (Å²) in [4.78, 5) is 38.8. The van der Waals surface area contributed by atoms with E-state index in [1.165, 1.54) is 34.0 Å². The number of fused-ring (bicyclic) bond motifs is 3. The van der Waals surface area contributed by atoms with Gasteiger partial charge >= 0.3 is 12.1 Å². The van der Waals surface area contributed by atoms with Gasteiger partial charge in [0.15, 0.2) is 0 Å². The molecule has 1 heterocycles. The molecular formula is C27H30N2O5S. The number of amides is 2. The maximum atomic E-state index is 13.1. The van der Waals surface area contributed by atoms with Gasteiger partial charge < -0.3 is 20.1 Å². The van der Waals surface area contributed by atoms with Gasteiger partial charge in [-0.05, 0) is 41.0 Å². The molecule has 1 aliphatic heterocycles. The molecule has 1 unspecified atom stereocenters. The highest BCUT2D eigenvalue weighted by atomic mass is 32.2. The van der Waals surface area contributed by atoms with Crippen molar-refractivity contribution < 1.29 is 24.2 Å². The Hall–Kier alpha value is -3.00. The summed E-state index contributed by atoms with van der Waals surface area (Å²) in [5, 5.41) is 11.6. The predicted molar refractivity (Wildman–Crippen MR) is 134 cm³/mol. The van der Waals surface area contributed by atoms with Crippen molar-refractivity contribution in [3.8, 4) is 11.1 Å². The van der Waals surface area contributed by atoms with E-state index in [0.29, 0.717) is 18.8 Å². The number of thioether (sulfide) groups is 1. The van der Waals surface area contributed by atoms with Crippen LogP contribution in [0.25, 0.3) is 11.1 Å². The van der Waals surface area contributed by atoms with Crippen LogP contribution in [0.15, 0.2) is 48.5 Å². The summed E-state index contributed by atoms with van der Waals surface area (Å²) < 4.78 is 5.64. The molecule has 3 aliphatic rings. The number of rotatable bonds is 6. The average Bonchev–Trinajstić information content (AvgIpc) is 3.48. The average molecular weight is 495 g/mol. The third-order valence-electron chi connectivity index (χ3n) is 7.48. The fraction of sp³-hybridized carbons (Fsp3) is 0.444. The molecule has 1 saturated carbocycles. The first-order valence-electron chi connectivity index (χ1n) is 12.2. The Morgan fingerprint density at radius 2 is 1.71 bits per heavy atom. The monoisotopic (exact) mass is 494 g/mol. The van der Waals surface area contributed by atoms with E-state index in [2.05, 4.69) is 29.6 Å². The lowest BCUT2D eigenvalue weighted by Crippen LogP contribution is -2.48. The van der Waals surface area contributed by atoms with Gasteiger partial charge in [0, 0.05) is 37.2 Å². The summed E-state index contributed by atoms with van der Waals surface area (Å²) in [6.07, 6.45) is 2.10. The van der Waals surface area contributed by atoms with Crippen LogP contribution < -0.4 is 5.32 Å². The van der Waals surface area contributed by atoms with Crippen LogP contribution in [0.2, 0.25) is 0 Å². The standard InChI is InChI=1S/C27H30N2O5S/c30-25(29-12-13-35-24(15-29)26(31)32)18-11-5-6-17(18)14-28-27(33)34-16-23-21-9-3-1-7-19(21)20-8-2-4-10-22(20)23/h1-4,7-10,17-18,23-24H,5-6,11-16H2,(H,28,33)(H,31,32)/t17-,18-,24?/m0/s1. The quantitative estimate of drug-likeness (QED) is 0.631. The highest BCUT2D eigenvalue weighted by molar-refractivity contribution is 8.00. The van der Waals surface area contributed by atoms with Crippen LogP contribution in [-0.2, 0) is 14.3 Å². The molecule has 0 bridgehead atoms. The number of nitrogens with one attached hydrogen (secondary N) is 1. The van der Waals surface area contributed by atoms with E-state index < -0.39 is 17.3 Å². The Morgan fingerprint density at radius 3 is 2.40 bits per heavy atom. The van der Waals surface area contributed by atoms with Crippen molar-refractivity contribution in [3.63, 3.8) is 0 Å². The molecule has 0 spiro atoms. The van der Waals surface area contributed by atoms with Gasteiger partial charge in [0.1, 0.15) is 11.9 Å². The molecule has 0 radical (unpaired) electrons. The molecular weight excluding hydrogens is 464 g/mol. The molecule has 2 amide bonds. The van der Waals surface area contributed by atoms with E-state index in [-0.39, 0.29) is 36.8 Å². The summed E-state index contributed by atoms with van der Waals surface area (Å²) in [6.45, 7) is 1.48. The van der Waals surface area contributed by atoms with Gasteiger partial charge in [-0.2, -0.15) is 0 Å². The van der Waals surface area contributed by atoms with Gasteiger partial charge in [-0.15, -0.1) is 11.8 Å². The Bertz CT molecular complexity index is 1080. The fourth-order valence-corrected chi connectivity index (χ4v) is 6.74. The molecule has 2 aromatic carbocycles. The highest BCUT2D eigenvalue weighted by Crippen LogP contribution is 2.44. The Labute approximate surface area is 209 Å². The first-order valence-corrected chi connectivity index (χ1v) is 13.3. The summed E-state index contributed by atoms with van der Waals surface area (Å²) in [5.41, 5.74) is 4.71. The molecule has 8 heteroatoms. The normalized spacial score (nSPS) is 23.4. The van der Waals surface area contributed by atoms with Crippen molar-refractivity contribution in [1.82, 2.24) is 10.2 Å². The van der Waals surface area contributed by atoms with E-state index in [1.54, 1.807) is 4.90 Å². The largest absolute Gasteiger partial charge is 0.480 e. The number of carboxylic acids is 1. The number of alkyl carbamates (subject to hydrolysis) is 1. The lowest BCUT2D eigenvalue weighted by molar-refractivity contribution is -0.140. The van der Waals surface area contributed by atoms with E-state index in [9.17, 15) is 19.5 Å². The molecule has 1 saturated heterocycles. The SMILES string of the molecule is O=C(NC[C@@H]1CCC[C@@H]1C(=O)N1CCSC(C(=O)O)C1)OCC1c2ccccc2-c2ccccc21. The molecule has 7 nitrogen and oxygen atoms in total. The summed E-state index contributed by atoms with van der Waals surface area (Å²) in [7, 11) is 0. The topological polar surface area (TPSA) is 95.9 Å². The lowest BCUT2D eigenvalue weighted by atomic mass is 9.94. The van der Waals surface area contributed by atoms with Crippen molar-refractivity contribution in [3.05, 3.63) is 59.7 Å². The molecule has 2 aromatic rings. The zero-order valence-corrected chi connectivity index (χ0v) is 20.3. The number of carboxylic acid groups (broad SMARTS) is 1. The molecule has 3 atom stereocenters. The third kappa shape index (κ3) is 4.89. The second-order valence-electron chi connectivity index (χ2n) is 9.49. The van der Waals surface area contributed by atoms with Gasteiger partial charge in [-0.25, -0.2) is 4.79 Å². The lowest BCUT2D eigenvalue weighted by Gasteiger charge is -2.33. The van der Waals surface area contributed by atoms with Crippen LogP contribution in [-0.4, -0.2) is 65.2 Å². The summed E-state index contributed by atoms with van der Waals surface area (Å²) in [6, 6.07) is 16.4. The Morgan fingerprint density at radius 1 is 1.03 bits per heavy atom. The number of nitrogens with zero attached hydrogens (tertiary/aromatic N) is 1. The van der Waals surface area contributed by atoms with E-state index >= 15 is 0 Å². The number of aliphatic carboxylic acids is 1. The molecule has 35 heavy (non-hydrogen) atoms. The van der Waals surface area contributed by atoms with E-state index in [0.717, 1.165) is 19.3 Å². The number of hydrogen-bond donors (Lipinski definition) is 2. The smallest absolute Gasteiger partial charge is 0.407 e. The van der Waals surface area contributed by atoms with Crippen LogP contribution in [0.5, 0.6) is 0 Å². The van der Waals surface area contributed by atoms with Crippen molar-refractivity contribution in [1.29, 1.82) is 0 Å². The molecule has 2 fully saturated rings. The first-order chi connectivity index (χ1) is 17.0. The molecule has 5 rings (SSSR count). The third-order valence-corrected chi connectivity index (χ3v) is 8.65. The van der Waals surface area contributed by atoms with Crippen molar-refractivity contribution in [2.24, 2.45) is 11.8 Å². The number of hydrogen-bond acceptors (Lipinski definition) is 5. The van der Waals surface area contributed by atoms with Crippen molar-refractivity contribution in [2.45, 2.75) is 30.4 Å². The Kier molecular flexibility index (Phi) is 7.00. The fourth-order valence-electron chi connectivity index (χ4n) is 5.70. The Balaban J connectivity index is 1.15. The minimum atomic E-state index is -0.868. The summed E-state index contributed by atoms with van der Waals surface area (Å²) >= 11 is 1.39. The minimum Gasteiger partial charge on any atom is -0.480 e. The number of carbonyl (C=O) groups excluding carboxylic acids is 2. The zero-order chi connectivity index (χ0) is 24.4. The molecule has 2 aliphatic carbocycles. The van der Waals surface area contributed by atoms with E-state index in [4.69, 9.17) is 4.74 Å². The van der Waals surface area contributed by atoms with Crippen LogP contribution in [0.4, 0.5) is 4.79 Å². The maximum absolute atomic E-state index is 13.1. The number of carbonyl (C=O) groups is 3. The van der Waals surface area contributed by atoms with Crippen molar-refractivity contribution in [2.75, 3.05) is 32.0 Å². The zero-order valence-electron chi connectivity index (χ0n) is 19.5. The van der Waals surface area contributed by atoms with Crippen molar-refractivity contribution >= 4 is 29.7 Å².